The normalized spacial score (nSPS) is 12.4. The maximum Gasteiger partial charge on any atom is 0.246 e. The van der Waals surface area contributed by atoms with Gasteiger partial charge in [-0.1, -0.05) is 13.8 Å². The fraction of sp³-hybridized carbons (Fsp3) is 0.538. The molecule has 0 fully saturated rings. The molecule has 0 radical (unpaired) electrons. The molecule has 0 amide bonds. The number of hydrogen-bond donors (Lipinski definition) is 1. The predicted molar refractivity (Wildman–Crippen MR) is 73.6 cm³/mol. The van der Waals surface area contributed by atoms with E-state index in [1.54, 1.807) is 0 Å². The van der Waals surface area contributed by atoms with Crippen LogP contribution in [0.5, 0.6) is 0 Å². The average molecular weight is 306 g/mol. The first kappa shape index (κ1) is 17.0. The molecule has 114 valence electrons. The van der Waals surface area contributed by atoms with Crippen molar-refractivity contribution in [2.24, 2.45) is 5.73 Å². The Balaban J connectivity index is 3.38. The lowest BCUT2D eigenvalue weighted by Crippen LogP contribution is -2.36. The van der Waals surface area contributed by atoms with Crippen LogP contribution in [-0.4, -0.2) is 25.8 Å². The molecule has 7 heteroatoms. The number of nitrogens with zero attached hydrogens (tertiary/aromatic N) is 1. The Morgan fingerprint density at radius 3 is 2.25 bits per heavy atom. The van der Waals surface area contributed by atoms with E-state index in [0.717, 1.165) is 16.4 Å². The van der Waals surface area contributed by atoms with E-state index < -0.39 is 26.6 Å². The Morgan fingerprint density at radius 1 is 1.25 bits per heavy atom. The summed E-state index contributed by atoms with van der Waals surface area (Å²) in [6.45, 7) is 3.62. The van der Waals surface area contributed by atoms with Gasteiger partial charge in [0.15, 0.2) is 11.6 Å². The molecule has 20 heavy (non-hydrogen) atoms. The van der Waals surface area contributed by atoms with Crippen LogP contribution in [0.3, 0.4) is 0 Å². The summed E-state index contributed by atoms with van der Waals surface area (Å²) in [5.74, 6) is -2.57. The molecule has 0 spiro atoms. The minimum absolute atomic E-state index is 0.0611. The molecule has 0 unspecified atom stereocenters. The highest BCUT2D eigenvalue weighted by molar-refractivity contribution is 7.89. The number of halogens is 2. The number of nitrogens with two attached hydrogens (primary N) is 1. The molecule has 0 bridgehead atoms. The van der Waals surface area contributed by atoms with Crippen molar-refractivity contribution in [2.45, 2.75) is 44.2 Å². The van der Waals surface area contributed by atoms with E-state index in [4.69, 9.17) is 5.73 Å². The van der Waals surface area contributed by atoms with Gasteiger partial charge in [0.25, 0.3) is 0 Å². The molecule has 0 aliphatic rings. The maximum absolute atomic E-state index is 13.8. The standard InChI is InChI=1S/C13H20F2N2O2S/c1-4-10(5-2)17(3)20(18,19)12-7-9(8-16)6-11(14)13(12)15/h6-7,10H,4-5,8,16H2,1-3H3. The molecular weight excluding hydrogens is 286 g/mol. The smallest absolute Gasteiger partial charge is 0.246 e. The van der Waals surface area contributed by atoms with E-state index >= 15 is 0 Å². The lowest BCUT2D eigenvalue weighted by Gasteiger charge is -2.25. The summed E-state index contributed by atoms with van der Waals surface area (Å²) < 4.78 is 53.2. The number of hydrogen-bond acceptors (Lipinski definition) is 3. The molecule has 0 aromatic heterocycles. The summed E-state index contributed by atoms with van der Waals surface area (Å²) in [7, 11) is -2.71. The zero-order valence-corrected chi connectivity index (χ0v) is 12.7. The zero-order valence-electron chi connectivity index (χ0n) is 11.9. The molecule has 0 saturated heterocycles. The van der Waals surface area contributed by atoms with Crippen LogP contribution in [-0.2, 0) is 16.6 Å². The Labute approximate surface area is 118 Å². The van der Waals surface area contributed by atoms with Crippen molar-refractivity contribution < 1.29 is 17.2 Å². The highest BCUT2D eigenvalue weighted by atomic mass is 32.2. The Hall–Kier alpha value is -1.05. The summed E-state index contributed by atoms with van der Waals surface area (Å²) in [4.78, 5) is -0.660. The molecule has 0 heterocycles. The summed E-state index contributed by atoms with van der Waals surface area (Å²) in [6, 6.07) is 1.74. The van der Waals surface area contributed by atoms with Crippen molar-refractivity contribution >= 4 is 10.0 Å². The average Bonchev–Trinajstić information content (AvgIpc) is 2.42. The third kappa shape index (κ3) is 3.16. The van der Waals surface area contributed by atoms with Crippen LogP contribution >= 0.6 is 0 Å². The third-order valence-electron chi connectivity index (χ3n) is 3.40. The molecule has 0 aliphatic carbocycles. The highest BCUT2D eigenvalue weighted by Crippen LogP contribution is 2.25. The van der Waals surface area contributed by atoms with Crippen LogP contribution < -0.4 is 5.73 Å². The van der Waals surface area contributed by atoms with Crippen molar-refractivity contribution in [1.29, 1.82) is 0 Å². The third-order valence-corrected chi connectivity index (χ3v) is 5.31. The molecule has 2 N–H and O–H groups in total. The van der Waals surface area contributed by atoms with Crippen molar-refractivity contribution in [3.63, 3.8) is 0 Å². The minimum atomic E-state index is -4.09. The van der Waals surface area contributed by atoms with Crippen molar-refractivity contribution in [1.82, 2.24) is 4.31 Å². The summed E-state index contributed by atoms with van der Waals surface area (Å²) in [5, 5.41) is 0. The second kappa shape index (κ2) is 6.60. The van der Waals surface area contributed by atoms with Crippen molar-refractivity contribution in [3.8, 4) is 0 Å². The molecule has 0 atom stereocenters. The molecule has 0 aliphatic heterocycles. The highest BCUT2D eigenvalue weighted by Gasteiger charge is 2.30. The van der Waals surface area contributed by atoms with Crippen LogP contribution in [0.25, 0.3) is 0 Å². The fourth-order valence-corrected chi connectivity index (χ4v) is 3.70. The molecule has 1 aromatic carbocycles. The van der Waals surface area contributed by atoms with E-state index in [-0.39, 0.29) is 18.2 Å². The van der Waals surface area contributed by atoms with Crippen LogP contribution in [0.1, 0.15) is 32.3 Å². The Bertz CT molecular complexity index is 572. The fourth-order valence-electron chi connectivity index (χ4n) is 2.08. The largest absolute Gasteiger partial charge is 0.326 e. The van der Waals surface area contributed by atoms with E-state index in [0.29, 0.717) is 12.8 Å². The zero-order chi connectivity index (χ0) is 15.5. The van der Waals surface area contributed by atoms with Gasteiger partial charge < -0.3 is 5.73 Å². The number of rotatable bonds is 6. The second-order valence-electron chi connectivity index (χ2n) is 4.59. The first-order valence-corrected chi connectivity index (χ1v) is 7.89. The second-order valence-corrected chi connectivity index (χ2v) is 6.55. The van der Waals surface area contributed by atoms with Gasteiger partial charge in [-0.15, -0.1) is 0 Å². The van der Waals surface area contributed by atoms with Crippen molar-refractivity contribution in [2.75, 3.05) is 7.05 Å². The van der Waals surface area contributed by atoms with Crippen LogP contribution in [0.4, 0.5) is 8.78 Å². The van der Waals surface area contributed by atoms with Gasteiger partial charge in [0.1, 0.15) is 4.90 Å². The lowest BCUT2D eigenvalue weighted by molar-refractivity contribution is 0.347. The van der Waals surface area contributed by atoms with E-state index in [9.17, 15) is 17.2 Å². The van der Waals surface area contributed by atoms with E-state index in [1.165, 1.54) is 7.05 Å². The molecule has 0 saturated carbocycles. The minimum Gasteiger partial charge on any atom is -0.326 e. The van der Waals surface area contributed by atoms with Gasteiger partial charge in [0, 0.05) is 19.6 Å². The van der Waals surface area contributed by atoms with Gasteiger partial charge in [-0.05, 0) is 30.5 Å². The summed E-state index contributed by atoms with van der Waals surface area (Å²) in [5.41, 5.74) is 5.61. The molecular formula is C13H20F2N2O2S. The van der Waals surface area contributed by atoms with Gasteiger partial charge in [0.2, 0.25) is 10.0 Å². The van der Waals surface area contributed by atoms with E-state index in [1.807, 2.05) is 13.8 Å². The number of benzene rings is 1. The summed E-state index contributed by atoms with van der Waals surface area (Å²) in [6.07, 6.45) is 1.18. The molecule has 1 aromatic rings. The first-order valence-electron chi connectivity index (χ1n) is 6.45. The first-order chi connectivity index (χ1) is 9.29. The quantitative estimate of drug-likeness (QED) is 0.876. The SMILES string of the molecule is CCC(CC)N(C)S(=O)(=O)c1cc(CN)cc(F)c1F. The predicted octanol–water partition coefficient (Wildman–Crippen LogP) is 2.23. The Morgan fingerprint density at radius 2 is 1.80 bits per heavy atom. The van der Waals surface area contributed by atoms with Gasteiger partial charge in [0.05, 0.1) is 0 Å². The van der Waals surface area contributed by atoms with Crippen LogP contribution in [0.15, 0.2) is 17.0 Å². The Kier molecular flexibility index (Phi) is 5.61. The topological polar surface area (TPSA) is 63.4 Å². The van der Waals surface area contributed by atoms with Gasteiger partial charge >= 0.3 is 0 Å². The van der Waals surface area contributed by atoms with Crippen molar-refractivity contribution in [3.05, 3.63) is 29.3 Å². The number of sulfonamides is 1. The van der Waals surface area contributed by atoms with Gasteiger partial charge in [-0.25, -0.2) is 17.2 Å². The monoisotopic (exact) mass is 306 g/mol. The lowest BCUT2D eigenvalue weighted by atomic mass is 10.2. The van der Waals surface area contributed by atoms with Crippen LogP contribution in [0.2, 0.25) is 0 Å². The van der Waals surface area contributed by atoms with E-state index in [2.05, 4.69) is 0 Å². The van der Waals surface area contributed by atoms with Gasteiger partial charge in [-0.2, -0.15) is 4.31 Å². The molecule has 4 nitrogen and oxygen atoms in total. The van der Waals surface area contributed by atoms with Crippen LogP contribution in [0, 0.1) is 11.6 Å². The van der Waals surface area contributed by atoms with Gasteiger partial charge in [-0.3, -0.25) is 0 Å². The molecule has 1 rings (SSSR count). The summed E-state index contributed by atoms with van der Waals surface area (Å²) >= 11 is 0. The maximum atomic E-state index is 13.8.